The first-order chi connectivity index (χ1) is 10.4. The van der Waals surface area contributed by atoms with E-state index in [0.29, 0.717) is 11.5 Å². The van der Waals surface area contributed by atoms with Gasteiger partial charge in [-0.15, -0.1) is 11.3 Å². The number of thiophene rings is 1. The monoisotopic (exact) mass is 321 g/mol. The fourth-order valence-corrected chi connectivity index (χ4v) is 4.95. The molecule has 2 aliphatic heterocycles. The predicted molar refractivity (Wildman–Crippen MR) is 95.7 cm³/mol. The first-order valence-corrected chi connectivity index (χ1v) is 9.54. The van der Waals surface area contributed by atoms with Crippen molar-refractivity contribution in [1.29, 1.82) is 0 Å². The average Bonchev–Trinajstić information content (AvgIpc) is 2.93. The molecule has 3 heterocycles. The van der Waals surface area contributed by atoms with Crippen molar-refractivity contribution in [2.75, 3.05) is 52.9 Å². The van der Waals surface area contributed by atoms with Crippen LogP contribution in [-0.2, 0) is 6.42 Å². The zero-order valence-electron chi connectivity index (χ0n) is 14.6. The zero-order chi connectivity index (χ0) is 15.7. The Morgan fingerprint density at radius 2 is 1.86 bits per heavy atom. The highest BCUT2D eigenvalue weighted by molar-refractivity contribution is 7.10. The van der Waals surface area contributed by atoms with Crippen molar-refractivity contribution in [2.24, 2.45) is 5.41 Å². The predicted octanol–water partition coefficient (Wildman–Crippen LogP) is 2.94. The zero-order valence-corrected chi connectivity index (χ0v) is 15.5. The molecule has 0 N–H and O–H groups in total. The fourth-order valence-electron chi connectivity index (χ4n) is 3.99. The van der Waals surface area contributed by atoms with Crippen LogP contribution < -0.4 is 0 Å². The summed E-state index contributed by atoms with van der Waals surface area (Å²) < 4.78 is 0. The normalized spacial score (nSPS) is 25.4. The van der Waals surface area contributed by atoms with E-state index in [9.17, 15) is 0 Å². The Bertz CT molecular complexity index is 488. The number of rotatable bonds is 4. The van der Waals surface area contributed by atoms with E-state index in [1.54, 1.807) is 10.4 Å². The molecule has 1 atom stereocenters. The van der Waals surface area contributed by atoms with Crippen LogP contribution in [0.3, 0.4) is 0 Å². The maximum atomic E-state index is 2.70. The molecule has 0 aliphatic carbocycles. The lowest BCUT2D eigenvalue weighted by Gasteiger charge is -2.42. The number of piperazine rings is 1. The van der Waals surface area contributed by atoms with Crippen LogP contribution in [0.15, 0.2) is 11.4 Å². The Balaban J connectivity index is 1.57. The third-order valence-corrected chi connectivity index (χ3v) is 6.28. The van der Waals surface area contributed by atoms with Gasteiger partial charge in [-0.25, -0.2) is 0 Å². The summed E-state index contributed by atoms with van der Waals surface area (Å²) in [5.74, 6) is 0. The van der Waals surface area contributed by atoms with E-state index >= 15 is 0 Å². The number of hydrogen-bond acceptors (Lipinski definition) is 4. The van der Waals surface area contributed by atoms with Gasteiger partial charge < -0.3 is 9.80 Å². The van der Waals surface area contributed by atoms with Gasteiger partial charge in [0.2, 0.25) is 0 Å². The molecular weight excluding hydrogens is 290 g/mol. The summed E-state index contributed by atoms with van der Waals surface area (Å²) in [5, 5.41) is 2.26. The second kappa shape index (κ2) is 6.60. The molecule has 3 rings (SSSR count). The first-order valence-electron chi connectivity index (χ1n) is 8.66. The molecule has 0 spiro atoms. The maximum Gasteiger partial charge on any atom is 0.0331 e. The minimum absolute atomic E-state index is 0.359. The standard InChI is InChI=1S/C18H31N3S/c1-15-16-6-12-22-17(16)5-7-21(15)14-18(2,3)13-20-10-8-19(4)9-11-20/h6,12,15H,5,7-11,13-14H2,1-4H3/t15-/m1/s1. The van der Waals surface area contributed by atoms with Crippen LogP contribution in [0.25, 0.3) is 0 Å². The second-order valence-electron chi connectivity index (χ2n) is 7.94. The molecule has 1 saturated heterocycles. The van der Waals surface area contributed by atoms with Gasteiger partial charge in [-0.05, 0) is 42.8 Å². The molecule has 0 bridgehead atoms. The maximum absolute atomic E-state index is 2.70. The summed E-state index contributed by atoms with van der Waals surface area (Å²) in [6.45, 7) is 15.8. The van der Waals surface area contributed by atoms with Gasteiger partial charge in [0.15, 0.2) is 0 Å². The highest BCUT2D eigenvalue weighted by atomic mass is 32.1. The van der Waals surface area contributed by atoms with Gasteiger partial charge in [-0.1, -0.05) is 13.8 Å². The van der Waals surface area contributed by atoms with E-state index in [1.807, 2.05) is 11.3 Å². The molecule has 0 unspecified atom stereocenters. The lowest BCUT2D eigenvalue weighted by molar-refractivity contribution is 0.0701. The van der Waals surface area contributed by atoms with E-state index in [2.05, 4.69) is 54.0 Å². The highest BCUT2D eigenvalue weighted by Crippen LogP contribution is 2.34. The molecule has 4 heteroatoms. The summed E-state index contributed by atoms with van der Waals surface area (Å²) in [6, 6.07) is 2.92. The Kier molecular flexibility index (Phi) is 4.93. The van der Waals surface area contributed by atoms with E-state index in [4.69, 9.17) is 0 Å². The molecule has 3 nitrogen and oxygen atoms in total. The van der Waals surface area contributed by atoms with Gasteiger partial charge in [-0.3, -0.25) is 4.90 Å². The molecule has 124 valence electrons. The number of nitrogens with zero attached hydrogens (tertiary/aromatic N) is 3. The van der Waals surface area contributed by atoms with Crippen LogP contribution in [0.5, 0.6) is 0 Å². The van der Waals surface area contributed by atoms with Crippen molar-refractivity contribution < 1.29 is 0 Å². The smallest absolute Gasteiger partial charge is 0.0331 e. The van der Waals surface area contributed by atoms with E-state index in [1.165, 1.54) is 52.2 Å². The van der Waals surface area contributed by atoms with Crippen molar-refractivity contribution in [3.63, 3.8) is 0 Å². The molecule has 22 heavy (non-hydrogen) atoms. The van der Waals surface area contributed by atoms with Crippen molar-refractivity contribution in [3.05, 3.63) is 21.9 Å². The molecule has 0 saturated carbocycles. The quantitative estimate of drug-likeness (QED) is 0.844. The molecule has 1 fully saturated rings. The topological polar surface area (TPSA) is 9.72 Å². The number of fused-ring (bicyclic) bond motifs is 1. The van der Waals surface area contributed by atoms with E-state index < -0.39 is 0 Å². The lowest BCUT2D eigenvalue weighted by atomic mass is 9.89. The van der Waals surface area contributed by atoms with Crippen LogP contribution in [0, 0.1) is 5.41 Å². The summed E-state index contributed by atoms with van der Waals surface area (Å²) in [5.41, 5.74) is 1.93. The third kappa shape index (κ3) is 3.73. The van der Waals surface area contributed by atoms with Crippen LogP contribution >= 0.6 is 11.3 Å². The summed E-state index contributed by atoms with van der Waals surface area (Å²) in [7, 11) is 2.23. The van der Waals surface area contributed by atoms with Crippen LogP contribution in [-0.4, -0.2) is 67.6 Å². The van der Waals surface area contributed by atoms with Crippen molar-refractivity contribution >= 4 is 11.3 Å². The second-order valence-corrected chi connectivity index (χ2v) is 8.94. The van der Waals surface area contributed by atoms with Gasteiger partial charge in [0.05, 0.1) is 0 Å². The van der Waals surface area contributed by atoms with Gasteiger partial charge in [-0.2, -0.15) is 0 Å². The van der Waals surface area contributed by atoms with Crippen LogP contribution in [0.4, 0.5) is 0 Å². The first kappa shape index (κ1) is 16.4. The summed E-state index contributed by atoms with van der Waals surface area (Å²) in [6.07, 6.45) is 1.24. The van der Waals surface area contributed by atoms with Crippen molar-refractivity contribution in [3.8, 4) is 0 Å². The van der Waals surface area contributed by atoms with Crippen molar-refractivity contribution in [2.45, 2.75) is 33.2 Å². The summed E-state index contributed by atoms with van der Waals surface area (Å²) in [4.78, 5) is 9.41. The SMILES string of the molecule is C[C@@H]1c2ccsc2CCN1CC(C)(C)CN1CCN(C)CC1. The Morgan fingerprint density at radius 3 is 2.59 bits per heavy atom. The minimum atomic E-state index is 0.359. The highest BCUT2D eigenvalue weighted by Gasteiger charge is 2.31. The summed E-state index contributed by atoms with van der Waals surface area (Å²) >= 11 is 1.94. The largest absolute Gasteiger partial charge is 0.304 e. The van der Waals surface area contributed by atoms with Crippen molar-refractivity contribution in [1.82, 2.24) is 14.7 Å². The average molecular weight is 322 g/mol. The van der Waals surface area contributed by atoms with E-state index in [-0.39, 0.29) is 0 Å². The Morgan fingerprint density at radius 1 is 1.14 bits per heavy atom. The molecule has 0 radical (unpaired) electrons. The molecule has 0 aromatic carbocycles. The Hall–Kier alpha value is -0.420. The van der Waals surface area contributed by atoms with Gasteiger partial charge in [0.1, 0.15) is 0 Å². The third-order valence-electron chi connectivity index (χ3n) is 5.28. The van der Waals surface area contributed by atoms with E-state index in [0.717, 1.165) is 0 Å². The molecular formula is C18H31N3S. The molecule has 0 amide bonds. The molecule has 2 aliphatic rings. The van der Waals surface area contributed by atoms with Gasteiger partial charge >= 0.3 is 0 Å². The minimum Gasteiger partial charge on any atom is -0.304 e. The molecule has 1 aromatic heterocycles. The van der Waals surface area contributed by atoms with Gasteiger partial charge in [0, 0.05) is 56.7 Å². The van der Waals surface area contributed by atoms with Crippen LogP contribution in [0.1, 0.15) is 37.3 Å². The number of likely N-dealkylation sites (N-methyl/N-ethyl adjacent to an activating group) is 1. The van der Waals surface area contributed by atoms with Crippen LogP contribution in [0.2, 0.25) is 0 Å². The number of hydrogen-bond donors (Lipinski definition) is 0. The van der Waals surface area contributed by atoms with Gasteiger partial charge in [0.25, 0.3) is 0 Å². The Labute approximate surface area is 139 Å². The molecule has 1 aromatic rings. The lowest BCUT2D eigenvalue weighted by Crippen LogP contribution is -2.50. The fraction of sp³-hybridized carbons (Fsp3) is 0.778.